The Labute approximate surface area is 150 Å². The van der Waals surface area contributed by atoms with Crippen molar-refractivity contribution in [3.8, 4) is 0 Å². The number of morpholine rings is 1. The molecule has 3 rings (SSSR count). The molecule has 1 aliphatic rings. The van der Waals surface area contributed by atoms with Gasteiger partial charge in [-0.2, -0.15) is 0 Å². The number of aromatic nitrogens is 1. The molecule has 1 aliphatic heterocycles. The van der Waals surface area contributed by atoms with Gasteiger partial charge < -0.3 is 4.74 Å². The van der Waals surface area contributed by atoms with Crippen molar-refractivity contribution in [3.05, 3.63) is 46.2 Å². The Balaban J connectivity index is 1.61. The molecule has 1 saturated heterocycles. The summed E-state index contributed by atoms with van der Waals surface area (Å²) < 4.78 is 19.3. The number of nitrogens with one attached hydrogen (secondary N) is 1. The van der Waals surface area contributed by atoms with E-state index < -0.39 is 0 Å². The van der Waals surface area contributed by atoms with Crippen molar-refractivity contribution in [1.82, 2.24) is 9.88 Å². The lowest BCUT2D eigenvalue weighted by Crippen LogP contribution is -2.44. The summed E-state index contributed by atoms with van der Waals surface area (Å²) in [6, 6.07) is 4.45. The number of rotatable bonds is 4. The van der Waals surface area contributed by atoms with Crippen LogP contribution in [0.3, 0.4) is 0 Å². The average Bonchev–Trinajstić information content (AvgIpc) is 2.95. The van der Waals surface area contributed by atoms with E-state index in [0.717, 1.165) is 25.3 Å². The van der Waals surface area contributed by atoms with E-state index >= 15 is 0 Å². The number of anilines is 1. The van der Waals surface area contributed by atoms with Gasteiger partial charge in [-0.15, -0.1) is 11.3 Å². The van der Waals surface area contributed by atoms with Gasteiger partial charge in [-0.3, -0.25) is 15.0 Å². The number of amides is 1. The lowest BCUT2D eigenvalue weighted by atomic mass is 10.1. The Kier molecular flexibility index (Phi) is 5.46. The van der Waals surface area contributed by atoms with Crippen LogP contribution in [0.25, 0.3) is 0 Å². The molecular formula is C18H22FN3O2S. The Morgan fingerprint density at radius 2 is 2.12 bits per heavy atom. The monoisotopic (exact) mass is 363 g/mol. The van der Waals surface area contributed by atoms with Gasteiger partial charge in [0.25, 0.3) is 5.91 Å². The molecule has 0 radical (unpaired) electrons. The molecule has 134 valence electrons. The quantitative estimate of drug-likeness (QED) is 0.904. The van der Waals surface area contributed by atoms with E-state index in [1.807, 2.05) is 5.38 Å². The minimum absolute atomic E-state index is 0.206. The van der Waals surface area contributed by atoms with Crippen molar-refractivity contribution >= 4 is 22.4 Å². The van der Waals surface area contributed by atoms with Crippen LogP contribution in [0, 0.1) is 12.7 Å². The normalized spacial score (nSPS) is 21.3. The van der Waals surface area contributed by atoms with Crippen molar-refractivity contribution in [2.24, 2.45) is 0 Å². The molecule has 0 unspecified atom stereocenters. The van der Waals surface area contributed by atoms with Crippen LogP contribution in [0.5, 0.6) is 0 Å². The molecule has 0 spiro atoms. The number of halogens is 1. The molecule has 5 nitrogen and oxygen atoms in total. The van der Waals surface area contributed by atoms with Gasteiger partial charge in [0, 0.05) is 30.6 Å². The van der Waals surface area contributed by atoms with Crippen molar-refractivity contribution in [1.29, 1.82) is 0 Å². The molecule has 1 N–H and O–H groups in total. The maximum atomic E-state index is 13.6. The fourth-order valence-electron chi connectivity index (χ4n) is 2.98. The van der Waals surface area contributed by atoms with Crippen molar-refractivity contribution < 1.29 is 13.9 Å². The summed E-state index contributed by atoms with van der Waals surface area (Å²) in [5, 5.41) is 5.20. The number of carbonyl (C=O) groups is 1. The number of nitrogens with zero attached hydrogens (tertiary/aromatic N) is 2. The van der Waals surface area contributed by atoms with E-state index in [-0.39, 0.29) is 29.5 Å². The molecule has 1 aromatic heterocycles. The molecule has 0 saturated carbocycles. The SMILES string of the molecule is Cc1ccc(C(=O)Nc2nc(CN3C[C@H](C)O[C@@H](C)C3)cs2)cc1F. The largest absolute Gasteiger partial charge is 0.373 e. The first-order valence-electron chi connectivity index (χ1n) is 8.30. The standard InChI is InChI=1S/C18H22FN3O2S/c1-11-4-5-14(6-16(11)19)17(23)21-18-20-15(10-25-18)9-22-7-12(2)24-13(3)8-22/h4-6,10,12-13H,7-9H2,1-3H3,(H,20,21,23)/t12-,13-/m0/s1. The summed E-state index contributed by atoms with van der Waals surface area (Å²) in [6.45, 7) is 8.26. The lowest BCUT2D eigenvalue weighted by molar-refractivity contribution is -0.0707. The molecule has 1 amide bonds. The van der Waals surface area contributed by atoms with Crippen LogP contribution >= 0.6 is 11.3 Å². The summed E-state index contributed by atoms with van der Waals surface area (Å²) in [7, 11) is 0. The van der Waals surface area contributed by atoms with E-state index in [1.54, 1.807) is 19.1 Å². The minimum Gasteiger partial charge on any atom is -0.373 e. The maximum Gasteiger partial charge on any atom is 0.257 e. The Bertz CT molecular complexity index is 755. The zero-order valence-corrected chi connectivity index (χ0v) is 15.4. The van der Waals surface area contributed by atoms with Crippen LogP contribution in [0.15, 0.2) is 23.6 Å². The molecule has 0 aliphatic carbocycles. The lowest BCUT2D eigenvalue weighted by Gasteiger charge is -2.34. The van der Waals surface area contributed by atoms with Crippen LogP contribution in [0.1, 0.15) is 35.5 Å². The molecular weight excluding hydrogens is 341 g/mol. The molecule has 7 heteroatoms. The van der Waals surface area contributed by atoms with Gasteiger partial charge in [0.05, 0.1) is 17.9 Å². The third kappa shape index (κ3) is 4.62. The molecule has 2 heterocycles. The van der Waals surface area contributed by atoms with E-state index in [1.165, 1.54) is 17.4 Å². The summed E-state index contributed by atoms with van der Waals surface area (Å²) in [4.78, 5) is 19.0. The van der Waals surface area contributed by atoms with Crippen molar-refractivity contribution in [2.75, 3.05) is 18.4 Å². The highest BCUT2D eigenvalue weighted by molar-refractivity contribution is 7.13. The second-order valence-corrected chi connectivity index (χ2v) is 7.37. The van der Waals surface area contributed by atoms with Crippen LogP contribution in [0.4, 0.5) is 9.52 Å². The van der Waals surface area contributed by atoms with E-state index in [9.17, 15) is 9.18 Å². The second kappa shape index (κ2) is 7.59. The average molecular weight is 363 g/mol. The minimum atomic E-state index is -0.386. The fourth-order valence-corrected chi connectivity index (χ4v) is 3.68. The number of carbonyl (C=O) groups excluding carboxylic acids is 1. The van der Waals surface area contributed by atoms with Gasteiger partial charge in [0.15, 0.2) is 5.13 Å². The van der Waals surface area contributed by atoms with Gasteiger partial charge >= 0.3 is 0 Å². The number of hydrogen-bond acceptors (Lipinski definition) is 5. The van der Waals surface area contributed by atoms with Gasteiger partial charge in [-0.1, -0.05) is 6.07 Å². The number of thiazole rings is 1. The van der Waals surface area contributed by atoms with Crippen LogP contribution in [-0.2, 0) is 11.3 Å². The first kappa shape index (κ1) is 18.0. The van der Waals surface area contributed by atoms with Gasteiger partial charge in [0.1, 0.15) is 5.82 Å². The van der Waals surface area contributed by atoms with Crippen LogP contribution < -0.4 is 5.32 Å². The molecule has 2 atom stereocenters. The topological polar surface area (TPSA) is 54.5 Å². The Morgan fingerprint density at radius 1 is 1.40 bits per heavy atom. The van der Waals surface area contributed by atoms with Gasteiger partial charge in [-0.25, -0.2) is 9.37 Å². The molecule has 1 fully saturated rings. The molecule has 25 heavy (non-hydrogen) atoms. The highest BCUT2D eigenvalue weighted by atomic mass is 32.1. The van der Waals surface area contributed by atoms with Crippen LogP contribution in [0.2, 0.25) is 0 Å². The third-order valence-corrected chi connectivity index (χ3v) is 4.89. The number of ether oxygens (including phenoxy) is 1. The third-order valence-electron chi connectivity index (χ3n) is 4.09. The summed E-state index contributed by atoms with van der Waals surface area (Å²) in [5.74, 6) is -0.739. The predicted octanol–water partition coefficient (Wildman–Crippen LogP) is 3.45. The Morgan fingerprint density at radius 3 is 2.80 bits per heavy atom. The zero-order chi connectivity index (χ0) is 18.0. The number of benzene rings is 1. The number of hydrogen-bond donors (Lipinski definition) is 1. The summed E-state index contributed by atoms with van der Waals surface area (Å²) >= 11 is 1.38. The first-order chi connectivity index (χ1) is 11.9. The smallest absolute Gasteiger partial charge is 0.257 e. The highest BCUT2D eigenvalue weighted by Gasteiger charge is 2.22. The van der Waals surface area contributed by atoms with Gasteiger partial charge in [-0.05, 0) is 38.5 Å². The zero-order valence-electron chi connectivity index (χ0n) is 14.6. The number of aryl methyl sites for hydroxylation is 1. The van der Waals surface area contributed by atoms with Crippen LogP contribution in [-0.4, -0.2) is 41.1 Å². The van der Waals surface area contributed by atoms with E-state index in [0.29, 0.717) is 10.7 Å². The van der Waals surface area contributed by atoms with Crippen molar-refractivity contribution in [2.45, 2.75) is 39.5 Å². The Hall–Kier alpha value is -1.83. The second-order valence-electron chi connectivity index (χ2n) is 6.51. The van der Waals surface area contributed by atoms with E-state index in [2.05, 4.69) is 29.0 Å². The fraction of sp³-hybridized carbons (Fsp3) is 0.444. The molecule has 0 bridgehead atoms. The first-order valence-corrected chi connectivity index (χ1v) is 9.18. The van der Waals surface area contributed by atoms with Crippen molar-refractivity contribution in [3.63, 3.8) is 0 Å². The van der Waals surface area contributed by atoms with E-state index in [4.69, 9.17) is 4.74 Å². The van der Waals surface area contributed by atoms with Gasteiger partial charge in [0.2, 0.25) is 0 Å². The maximum absolute atomic E-state index is 13.6. The molecule has 2 aromatic rings. The summed E-state index contributed by atoms with van der Waals surface area (Å²) in [6.07, 6.45) is 0.413. The predicted molar refractivity (Wildman–Crippen MR) is 96.5 cm³/mol. The summed E-state index contributed by atoms with van der Waals surface area (Å²) in [5.41, 5.74) is 1.72. The highest BCUT2D eigenvalue weighted by Crippen LogP contribution is 2.20. The molecule has 1 aromatic carbocycles.